The van der Waals surface area contributed by atoms with E-state index in [4.69, 9.17) is 0 Å². The van der Waals surface area contributed by atoms with Crippen molar-refractivity contribution in [3.63, 3.8) is 0 Å². The van der Waals surface area contributed by atoms with Gasteiger partial charge in [0.15, 0.2) is 0 Å². The fraction of sp³-hybridized carbons (Fsp3) is 1.00. The van der Waals surface area contributed by atoms with E-state index in [0.717, 1.165) is 11.8 Å². The van der Waals surface area contributed by atoms with Gasteiger partial charge >= 0.3 is 0 Å². The SMILES string of the molecule is CCC(CC)CNC(C)(C)C1CC1. The second kappa shape index (κ2) is 4.45. The lowest BCUT2D eigenvalue weighted by atomic mass is 9.96. The van der Waals surface area contributed by atoms with Crippen molar-refractivity contribution in [2.45, 2.75) is 58.9 Å². The molecule has 0 aliphatic heterocycles. The summed E-state index contributed by atoms with van der Waals surface area (Å²) >= 11 is 0. The third-order valence-electron chi connectivity index (χ3n) is 3.60. The molecular weight excluding hydrogens is 158 g/mol. The van der Waals surface area contributed by atoms with Crippen molar-refractivity contribution in [1.82, 2.24) is 5.32 Å². The van der Waals surface area contributed by atoms with Crippen LogP contribution in [0, 0.1) is 11.8 Å². The second-order valence-electron chi connectivity index (χ2n) is 5.06. The molecule has 0 unspecified atom stereocenters. The quantitative estimate of drug-likeness (QED) is 0.667. The fourth-order valence-corrected chi connectivity index (χ4v) is 1.93. The summed E-state index contributed by atoms with van der Waals surface area (Å²) in [4.78, 5) is 0. The van der Waals surface area contributed by atoms with Crippen LogP contribution in [0.4, 0.5) is 0 Å². The largest absolute Gasteiger partial charge is 0.311 e. The smallest absolute Gasteiger partial charge is 0.0153 e. The third kappa shape index (κ3) is 3.30. The molecule has 0 amide bonds. The Kier molecular flexibility index (Phi) is 3.78. The van der Waals surface area contributed by atoms with E-state index in [-0.39, 0.29) is 0 Å². The topological polar surface area (TPSA) is 12.0 Å². The molecular formula is C12H25N. The van der Waals surface area contributed by atoms with Crippen LogP contribution < -0.4 is 5.32 Å². The summed E-state index contributed by atoms with van der Waals surface area (Å²) in [6.45, 7) is 10.5. The molecule has 1 fully saturated rings. The first-order chi connectivity index (χ1) is 6.10. The molecule has 0 heterocycles. The second-order valence-corrected chi connectivity index (χ2v) is 5.06. The molecule has 1 heteroatoms. The van der Waals surface area contributed by atoms with Gasteiger partial charge < -0.3 is 5.32 Å². The van der Waals surface area contributed by atoms with Crippen LogP contribution in [0.25, 0.3) is 0 Å². The van der Waals surface area contributed by atoms with Gasteiger partial charge in [-0.2, -0.15) is 0 Å². The van der Waals surface area contributed by atoms with E-state index in [1.807, 2.05) is 0 Å². The van der Waals surface area contributed by atoms with Crippen molar-refractivity contribution >= 4 is 0 Å². The summed E-state index contributed by atoms with van der Waals surface area (Å²) in [6, 6.07) is 0. The van der Waals surface area contributed by atoms with Crippen molar-refractivity contribution in [3.8, 4) is 0 Å². The molecule has 0 saturated heterocycles. The predicted molar refractivity (Wildman–Crippen MR) is 58.9 cm³/mol. The van der Waals surface area contributed by atoms with Gasteiger partial charge in [0.25, 0.3) is 0 Å². The van der Waals surface area contributed by atoms with E-state index in [0.29, 0.717) is 5.54 Å². The maximum Gasteiger partial charge on any atom is 0.0153 e. The summed E-state index contributed by atoms with van der Waals surface area (Å²) in [5, 5.41) is 3.72. The monoisotopic (exact) mass is 183 g/mol. The summed E-state index contributed by atoms with van der Waals surface area (Å²) in [7, 11) is 0. The first-order valence-corrected chi connectivity index (χ1v) is 5.85. The Morgan fingerprint density at radius 3 is 2.15 bits per heavy atom. The molecule has 1 N–H and O–H groups in total. The van der Waals surface area contributed by atoms with Gasteiger partial charge in [-0.05, 0) is 45.1 Å². The molecule has 0 atom stereocenters. The van der Waals surface area contributed by atoms with Crippen LogP contribution in [0.2, 0.25) is 0 Å². The van der Waals surface area contributed by atoms with Crippen LogP contribution in [-0.4, -0.2) is 12.1 Å². The Morgan fingerprint density at radius 1 is 1.23 bits per heavy atom. The van der Waals surface area contributed by atoms with Gasteiger partial charge in [-0.1, -0.05) is 26.7 Å². The fourth-order valence-electron chi connectivity index (χ4n) is 1.93. The minimum Gasteiger partial charge on any atom is -0.311 e. The Bertz CT molecular complexity index is 143. The number of rotatable bonds is 6. The zero-order chi connectivity index (χ0) is 9.90. The van der Waals surface area contributed by atoms with Gasteiger partial charge in [-0.15, -0.1) is 0 Å². The van der Waals surface area contributed by atoms with E-state index in [1.54, 1.807) is 0 Å². The summed E-state index contributed by atoms with van der Waals surface area (Å²) in [5.41, 5.74) is 0.391. The van der Waals surface area contributed by atoms with E-state index >= 15 is 0 Å². The van der Waals surface area contributed by atoms with E-state index in [2.05, 4.69) is 33.0 Å². The molecule has 1 saturated carbocycles. The summed E-state index contributed by atoms with van der Waals surface area (Å²) in [6.07, 6.45) is 5.49. The minimum atomic E-state index is 0.391. The third-order valence-corrected chi connectivity index (χ3v) is 3.60. The molecule has 13 heavy (non-hydrogen) atoms. The molecule has 0 aromatic carbocycles. The first kappa shape index (κ1) is 11.0. The molecule has 0 radical (unpaired) electrons. The molecule has 1 rings (SSSR count). The Balaban J connectivity index is 2.23. The molecule has 0 spiro atoms. The maximum atomic E-state index is 3.72. The maximum absolute atomic E-state index is 3.72. The zero-order valence-electron chi connectivity index (χ0n) is 9.69. The molecule has 0 aromatic heterocycles. The summed E-state index contributed by atoms with van der Waals surface area (Å²) < 4.78 is 0. The highest BCUT2D eigenvalue weighted by atomic mass is 15.0. The molecule has 1 aliphatic rings. The summed E-state index contributed by atoms with van der Waals surface area (Å²) in [5.74, 6) is 1.82. The van der Waals surface area contributed by atoms with Crippen LogP contribution in [0.1, 0.15) is 53.4 Å². The van der Waals surface area contributed by atoms with Crippen LogP contribution in [-0.2, 0) is 0 Å². The predicted octanol–water partition coefficient (Wildman–Crippen LogP) is 3.20. The first-order valence-electron chi connectivity index (χ1n) is 5.85. The van der Waals surface area contributed by atoms with E-state index in [9.17, 15) is 0 Å². The van der Waals surface area contributed by atoms with Gasteiger partial charge in [0.2, 0.25) is 0 Å². The van der Waals surface area contributed by atoms with Crippen LogP contribution in [0.3, 0.4) is 0 Å². The normalized spacial score (nSPS) is 18.2. The van der Waals surface area contributed by atoms with Crippen molar-refractivity contribution in [2.75, 3.05) is 6.54 Å². The number of hydrogen-bond donors (Lipinski definition) is 1. The number of hydrogen-bond acceptors (Lipinski definition) is 1. The van der Waals surface area contributed by atoms with Crippen LogP contribution >= 0.6 is 0 Å². The molecule has 0 bridgehead atoms. The molecule has 1 nitrogen and oxygen atoms in total. The highest BCUT2D eigenvalue weighted by Gasteiger charge is 2.37. The van der Waals surface area contributed by atoms with Crippen molar-refractivity contribution in [3.05, 3.63) is 0 Å². The zero-order valence-corrected chi connectivity index (χ0v) is 9.69. The molecule has 0 aromatic rings. The van der Waals surface area contributed by atoms with Crippen molar-refractivity contribution in [2.24, 2.45) is 11.8 Å². The standard InChI is InChI=1S/C12H25N/c1-5-10(6-2)9-13-12(3,4)11-7-8-11/h10-11,13H,5-9H2,1-4H3. The lowest BCUT2D eigenvalue weighted by molar-refractivity contribution is 0.305. The van der Waals surface area contributed by atoms with Gasteiger partial charge in [0.1, 0.15) is 0 Å². The van der Waals surface area contributed by atoms with Crippen molar-refractivity contribution < 1.29 is 0 Å². The van der Waals surface area contributed by atoms with Gasteiger partial charge in [-0.3, -0.25) is 0 Å². The average molecular weight is 183 g/mol. The van der Waals surface area contributed by atoms with Gasteiger partial charge in [-0.25, -0.2) is 0 Å². The average Bonchev–Trinajstić information content (AvgIpc) is 2.88. The van der Waals surface area contributed by atoms with Crippen LogP contribution in [0.5, 0.6) is 0 Å². The lowest BCUT2D eigenvalue weighted by Gasteiger charge is -2.28. The molecule has 78 valence electrons. The number of nitrogens with one attached hydrogen (secondary N) is 1. The highest BCUT2D eigenvalue weighted by molar-refractivity contribution is 4.94. The van der Waals surface area contributed by atoms with E-state index in [1.165, 1.54) is 32.2 Å². The van der Waals surface area contributed by atoms with Gasteiger partial charge in [0, 0.05) is 5.54 Å². The molecule has 1 aliphatic carbocycles. The Hall–Kier alpha value is -0.0400. The highest BCUT2D eigenvalue weighted by Crippen LogP contribution is 2.39. The van der Waals surface area contributed by atoms with Crippen LogP contribution in [0.15, 0.2) is 0 Å². The minimum absolute atomic E-state index is 0.391. The Morgan fingerprint density at radius 2 is 1.77 bits per heavy atom. The Labute approximate surface area is 83.3 Å². The lowest BCUT2D eigenvalue weighted by Crippen LogP contribution is -2.43. The van der Waals surface area contributed by atoms with Crippen molar-refractivity contribution in [1.29, 1.82) is 0 Å². The van der Waals surface area contributed by atoms with Gasteiger partial charge in [0.05, 0.1) is 0 Å². The van der Waals surface area contributed by atoms with E-state index < -0.39 is 0 Å².